The van der Waals surface area contributed by atoms with Crippen LogP contribution >= 0.6 is 0 Å². The van der Waals surface area contributed by atoms with Crippen LogP contribution < -0.4 is 0 Å². The zero-order chi connectivity index (χ0) is 39.6. The van der Waals surface area contributed by atoms with Gasteiger partial charge < -0.3 is 0 Å². The molecule has 5 aromatic carbocycles. The fourth-order valence-corrected chi connectivity index (χ4v) is 6.89. The second kappa shape index (κ2) is 28.2. The molecule has 0 saturated heterocycles. The van der Waals surface area contributed by atoms with Crippen LogP contribution in [0.1, 0.15) is 156 Å². The Bertz CT molecular complexity index is 1640. The maximum atomic E-state index is 2.47. The summed E-state index contributed by atoms with van der Waals surface area (Å²) in [4.78, 5) is 0. The minimum absolute atomic E-state index is 0.811. The van der Waals surface area contributed by atoms with Crippen molar-refractivity contribution in [2.45, 2.75) is 162 Å². The highest BCUT2D eigenvalue weighted by molar-refractivity contribution is 6.07. The molecule has 5 aromatic rings. The van der Waals surface area contributed by atoms with Gasteiger partial charge in [0.1, 0.15) is 0 Å². The lowest BCUT2D eigenvalue weighted by atomic mass is 9.83. The highest BCUT2D eigenvalue weighted by Crippen LogP contribution is 2.35. The smallest absolute Gasteiger partial charge is 0.0105 e. The van der Waals surface area contributed by atoms with E-state index in [-0.39, 0.29) is 0 Å². The number of aryl methyl sites for hydroxylation is 4. The third kappa shape index (κ3) is 14.2. The summed E-state index contributed by atoms with van der Waals surface area (Å²) in [5.41, 5.74) is 11.7. The largest absolute Gasteiger partial charge is 0.0683 e. The molecule has 0 spiro atoms. The van der Waals surface area contributed by atoms with Crippen molar-refractivity contribution in [3.05, 3.63) is 118 Å². The summed E-state index contributed by atoms with van der Waals surface area (Å²) in [7, 11) is 0. The Balaban J connectivity index is 0.000000808. The van der Waals surface area contributed by atoms with Crippen molar-refractivity contribution in [2.75, 3.05) is 0 Å². The molecule has 0 saturated carbocycles. The van der Waals surface area contributed by atoms with E-state index >= 15 is 0 Å². The summed E-state index contributed by atoms with van der Waals surface area (Å²) in [5.74, 6) is 1.65. The van der Waals surface area contributed by atoms with Gasteiger partial charge in [0.15, 0.2) is 0 Å². The standard InChI is InChI=1S/C21H26.C21H24.5C2H6/c2*1-4-16(5-2)13-17-7-11-21-19(14-17)9-8-18-12-15(3)6-10-20(18)21;5*1-2/h6-7,10-12,14,16H,4-5,8-9,13H2,1-3H3;6-12,14,16H,4-5,13H2,1-3H3;5*1-2H3. The van der Waals surface area contributed by atoms with Crippen molar-refractivity contribution in [1.29, 1.82) is 0 Å². The summed E-state index contributed by atoms with van der Waals surface area (Å²) < 4.78 is 0. The average Bonchev–Trinajstić information content (AvgIpc) is 3.22. The van der Waals surface area contributed by atoms with Crippen LogP contribution in [0.5, 0.6) is 0 Å². The molecule has 0 aromatic heterocycles. The molecule has 288 valence electrons. The summed E-state index contributed by atoms with van der Waals surface area (Å²) in [6.45, 7) is 33.6. The maximum absolute atomic E-state index is 2.47. The molecule has 1 aliphatic carbocycles. The van der Waals surface area contributed by atoms with E-state index in [2.05, 4.69) is 126 Å². The van der Waals surface area contributed by atoms with Crippen molar-refractivity contribution < 1.29 is 0 Å². The van der Waals surface area contributed by atoms with Crippen LogP contribution in [0.2, 0.25) is 0 Å². The van der Waals surface area contributed by atoms with Gasteiger partial charge in [0.2, 0.25) is 0 Å². The Morgan fingerprint density at radius 2 is 0.769 bits per heavy atom. The summed E-state index contributed by atoms with van der Waals surface area (Å²) in [6.07, 6.45) is 9.94. The molecule has 0 atom stereocenters. The number of fused-ring (bicyclic) bond motifs is 6. The predicted octanol–water partition coefficient (Wildman–Crippen LogP) is 17.2. The fraction of sp³-hybridized carbons (Fsp3) is 0.500. The number of rotatable bonds is 8. The van der Waals surface area contributed by atoms with Crippen molar-refractivity contribution >= 4 is 21.5 Å². The van der Waals surface area contributed by atoms with Gasteiger partial charge in [-0.2, -0.15) is 0 Å². The molecule has 0 amide bonds. The maximum Gasteiger partial charge on any atom is -0.0105 e. The molecule has 0 heteroatoms. The molecule has 0 radical (unpaired) electrons. The summed E-state index contributed by atoms with van der Waals surface area (Å²) in [6, 6.07) is 32.4. The lowest BCUT2D eigenvalue weighted by Gasteiger charge is -2.22. The molecular formula is C52H80. The van der Waals surface area contributed by atoms with Crippen LogP contribution in [0.3, 0.4) is 0 Å². The van der Waals surface area contributed by atoms with Crippen LogP contribution in [0.25, 0.3) is 32.7 Å². The zero-order valence-corrected chi connectivity index (χ0v) is 36.9. The first-order valence-corrected chi connectivity index (χ1v) is 21.6. The van der Waals surface area contributed by atoms with E-state index < -0.39 is 0 Å². The first-order valence-electron chi connectivity index (χ1n) is 21.6. The van der Waals surface area contributed by atoms with Gasteiger partial charge in [-0.3, -0.25) is 0 Å². The topological polar surface area (TPSA) is 0 Å². The molecule has 0 N–H and O–H groups in total. The van der Waals surface area contributed by atoms with Gasteiger partial charge in [0.25, 0.3) is 0 Å². The Kier molecular flexibility index (Phi) is 26.3. The van der Waals surface area contributed by atoms with E-state index in [1.807, 2.05) is 69.2 Å². The number of hydrogen-bond donors (Lipinski definition) is 0. The molecule has 1 aliphatic rings. The van der Waals surface area contributed by atoms with Crippen LogP contribution in [0.15, 0.2) is 84.9 Å². The second-order valence-corrected chi connectivity index (χ2v) is 12.8. The lowest BCUT2D eigenvalue weighted by Crippen LogP contribution is -2.07. The molecule has 0 bridgehead atoms. The molecule has 52 heavy (non-hydrogen) atoms. The fourth-order valence-electron chi connectivity index (χ4n) is 6.89. The highest BCUT2D eigenvalue weighted by atomic mass is 14.2. The average molecular weight is 705 g/mol. The van der Waals surface area contributed by atoms with Gasteiger partial charge in [-0.1, -0.05) is 219 Å². The van der Waals surface area contributed by atoms with Gasteiger partial charge in [0, 0.05) is 0 Å². The van der Waals surface area contributed by atoms with Crippen LogP contribution in [0, 0.1) is 25.7 Å². The molecule has 0 nitrogen and oxygen atoms in total. The SMILES string of the molecule is CC.CC.CC.CC.CC.CCC(CC)Cc1ccc2c(c1)CCc1cc(C)ccc1-2.CCC(CC)Cc1ccc2c(ccc3cc(C)ccc32)c1. The van der Waals surface area contributed by atoms with E-state index in [0.717, 1.165) is 11.8 Å². The van der Waals surface area contributed by atoms with Gasteiger partial charge in [-0.05, 0) is 106 Å². The molecule has 6 rings (SSSR count). The van der Waals surface area contributed by atoms with Crippen molar-refractivity contribution in [1.82, 2.24) is 0 Å². The first-order chi connectivity index (χ1) is 25.4. The summed E-state index contributed by atoms with van der Waals surface area (Å²) >= 11 is 0. The van der Waals surface area contributed by atoms with Crippen LogP contribution in [0.4, 0.5) is 0 Å². The van der Waals surface area contributed by atoms with Gasteiger partial charge >= 0.3 is 0 Å². The van der Waals surface area contributed by atoms with Gasteiger partial charge in [-0.25, -0.2) is 0 Å². The Hall–Kier alpha value is -3.38. The Morgan fingerprint density at radius 1 is 0.404 bits per heavy atom. The van der Waals surface area contributed by atoms with Crippen LogP contribution in [-0.2, 0) is 25.7 Å². The third-order valence-electron chi connectivity index (χ3n) is 9.80. The minimum Gasteiger partial charge on any atom is -0.0683 e. The van der Waals surface area contributed by atoms with Crippen LogP contribution in [-0.4, -0.2) is 0 Å². The number of hydrogen-bond acceptors (Lipinski definition) is 0. The minimum atomic E-state index is 0.811. The Labute approximate surface area is 323 Å². The third-order valence-corrected chi connectivity index (χ3v) is 9.80. The van der Waals surface area contributed by atoms with E-state index in [1.165, 1.54) is 112 Å². The second-order valence-electron chi connectivity index (χ2n) is 12.8. The molecule has 0 heterocycles. The van der Waals surface area contributed by atoms with Gasteiger partial charge in [0.05, 0.1) is 0 Å². The molecule has 0 fully saturated rings. The quantitative estimate of drug-likeness (QED) is 0.141. The number of benzene rings is 5. The molecule has 0 aliphatic heterocycles. The molecule has 0 unspecified atom stereocenters. The van der Waals surface area contributed by atoms with E-state index in [1.54, 1.807) is 5.56 Å². The van der Waals surface area contributed by atoms with Crippen molar-refractivity contribution in [2.24, 2.45) is 11.8 Å². The normalized spacial score (nSPS) is 10.6. The van der Waals surface area contributed by atoms with Gasteiger partial charge in [-0.15, -0.1) is 0 Å². The molecular weight excluding hydrogens is 625 g/mol. The van der Waals surface area contributed by atoms with E-state index in [9.17, 15) is 0 Å². The lowest BCUT2D eigenvalue weighted by molar-refractivity contribution is 0.490. The van der Waals surface area contributed by atoms with E-state index in [4.69, 9.17) is 0 Å². The van der Waals surface area contributed by atoms with Crippen molar-refractivity contribution in [3.8, 4) is 11.1 Å². The summed E-state index contributed by atoms with van der Waals surface area (Å²) in [5, 5.41) is 5.46. The van der Waals surface area contributed by atoms with E-state index in [0.29, 0.717) is 0 Å². The Morgan fingerprint density at radius 3 is 1.27 bits per heavy atom. The monoisotopic (exact) mass is 705 g/mol. The first kappa shape index (κ1) is 48.6. The van der Waals surface area contributed by atoms with Crippen molar-refractivity contribution in [3.63, 3.8) is 0 Å². The highest BCUT2D eigenvalue weighted by Gasteiger charge is 2.17. The zero-order valence-electron chi connectivity index (χ0n) is 36.9. The predicted molar refractivity (Wildman–Crippen MR) is 243 cm³/mol.